The van der Waals surface area contributed by atoms with Gasteiger partial charge in [0.25, 0.3) is 0 Å². The Kier molecular flexibility index (Phi) is 6.74. The summed E-state index contributed by atoms with van der Waals surface area (Å²) in [7, 11) is 21.0. The van der Waals surface area contributed by atoms with E-state index >= 15 is 0 Å². The van der Waals surface area contributed by atoms with E-state index in [4.69, 9.17) is 4.74 Å². The van der Waals surface area contributed by atoms with Crippen LogP contribution >= 0.6 is 0 Å². The Labute approximate surface area is 243 Å². The maximum atomic E-state index is 13.7. The molecule has 2 aliphatic heterocycles. The van der Waals surface area contributed by atoms with Crippen molar-refractivity contribution in [3.8, 4) is 5.69 Å². The minimum absolute atomic E-state index is 0.0397. The van der Waals surface area contributed by atoms with Crippen LogP contribution in [0.2, 0.25) is 0 Å². The molecule has 0 atom stereocenters. The van der Waals surface area contributed by atoms with Crippen molar-refractivity contribution in [3.05, 3.63) is 59.9 Å². The minimum Gasteiger partial charge on any atom is -0.391 e. The first-order chi connectivity index (χ1) is 18.4. The number of aryl methyl sites for hydroxylation is 1. The molecule has 2 saturated heterocycles. The van der Waals surface area contributed by atoms with Crippen LogP contribution in [0.1, 0.15) is 5.56 Å². The van der Waals surface area contributed by atoms with E-state index in [1.54, 1.807) is 0 Å². The molecule has 0 spiro atoms. The lowest BCUT2D eigenvalue weighted by Crippen LogP contribution is -2.96. The SMILES string of the molecule is BC1(N2C(B)(B)C(B)(B)N(c3cc(C)cc(Nc4ncn(-c5cc(F)cc(F)c5)n4)c3)C(B)(B)C2(B)B)COC1. The van der Waals surface area contributed by atoms with E-state index in [1.165, 1.54) is 23.1 Å². The summed E-state index contributed by atoms with van der Waals surface area (Å²) < 4.78 is 34.6. The maximum Gasteiger partial charge on any atom is 0.246 e. The van der Waals surface area contributed by atoms with Crippen molar-refractivity contribution in [2.45, 2.75) is 33.7 Å². The first kappa shape index (κ1) is 29.1. The van der Waals surface area contributed by atoms with E-state index in [0.29, 0.717) is 5.95 Å². The average Bonchev–Trinajstić information content (AvgIpc) is 3.24. The number of piperazine rings is 1. The molecular formula is C22H33B9F2N6O. The predicted octanol–water partition coefficient (Wildman–Crippen LogP) is -6.24. The van der Waals surface area contributed by atoms with E-state index in [-0.39, 0.29) is 32.5 Å². The fourth-order valence-electron chi connectivity index (χ4n) is 7.22. The molecule has 3 heterocycles. The second kappa shape index (κ2) is 9.28. The Balaban J connectivity index is 1.53. The van der Waals surface area contributed by atoms with E-state index in [0.717, 1.165) is 36.2 Å². The molecule has 0 amide bonds. The van der Waals surface area contributed by atoms with Crippen LogP contribution in [-0.2, 0) is 4.74 Å². The van der Waals surface area contributed by atoms with Gasteiger partial charge in [-0.05, 0) is 64.2 Å². The summed E-state index contributed by atoms with van der Waals surface area (Å²) in [6.07, 6.45) is 1.44. The Morgan fingerprint density at radius 1 is 0.775 bits per heavy atom. The van der Waals surface area contributed by atoms with Crippen molar-refractivity contribution >= 4 is 87.9 Å². The predicted molar refractivity (Wildman–Crippen MR) is 181 cm³/mol. The summed E-state index contributed by atoms with van der Waals surface area (Å²) in [6, 6.07) is 9.68. The number of rotatable bonds is 5. The number of ether oxygens (including phenoxy) is 1. The van der Waals surface area contributed by atoms with Crippen LogP contribution in [0.5, 0.6) is 0 Å². The first-order valence-electron chi connectivity index (χ1n) is 13.9. The molecule has 0 unspecified atom stereocenters. The molecule has 40 heavy (non-hydrogen) atoms. The molecule has 198 valence electrons. The van der Waals surface area contributed by atoms with Gasteiger partial charge < -0.3 is 19.9 Å². The zero-order valence-electron chi connectivity index (χ0n) is 25.4. The molecule has 18 heteroatoms. The fourth-order valence-corrected chi connectivity index (χ4v) is 7.22. The maximum absolute atomic E-state index is 13.7. The van der Waals surface area contributed by atoms with Crippen LogP contribution in [0.25, 0.3) is 5.69 Å². The molecule has 0 bridgehead atoms. The summed E-state index contributed by atoms with van der Waals surface area (Å²) in [4.78, 5) is 9.61. The molecule has 0 aliphatic carbocycles. The minimum atomic E-state index is -0.668. The van der Waals surface area contributed by atoms with Gasteiger partial charge in [-0.2, -0.15) is 4.98 Å². The third-order valence-electron chi connectivity index (χ3n) is 9.78. The smallest absolute Gasteiger partial charge is 0.246 e. The lowest BCUT2D eigenvalue weighted by molar-refractivity contribution is -0.126. The summed E-state index contributed by atoms with van der Waals surface area (Å²) in [5.74, 6) is -1.00. The largest absolute Gasteiger partial charge is 0.391 e. The van der Waals surface area contributed by atoms with Gasteiger partial charge in [-0.25, -0.2) is 13.5 Å². The Morgan fingerprint density at radius 2 is 1.35 bits per heavy atom. The van der Waals surface area contributed by atoms with Gasteiger partial charge in [0.1, 0.15) is 88.6 Å². The zero-order chi connectivity index (χ0) is 29.5. The molecule has 1 N–H and O–H groups in total. The monoisotopic (exact) mass is 534 g/mol. The van der Waals surface area contributed by atoms with Crippen molar-refractivity contribution in [1.29, 1.82) is 0 Å². The number of hydrogen-bond acceptors (Lipinski definition) is 6. The van der Waals surface area contributed by atoms with Gasteiger partial charge in [0.2, 0.25) is 5.95 Å². The molecule has 0 radical (unpaired) electrons. The Hall–Kier alpha value is -2.46. The molecule has 1 aromatic heterocycles. The molecule has 2 fully saturated rings. The highest BCUT2D eigenvalue weighted by molar-refractivity contribution is 6.62. The molecular weight excluding hydrogens is 500 g/mol. The lowest BCUT2D eigenvalue weighted by Gasteiger charge is -2.78. The standard InChI is InChI=1S/C22H33B9F2N6O/c1-11-2-14(35-17-34-10-37(36-17)15-5-12(32)4-13(33)6-15)7-16(3-11)38-19(24,25)21(28,29)39(18(23)8-40-9-18)22(30,31)20(38,26)27/h2-7,10H,8-9,23-31H2,1H3,(H,35,36). The van der Waals surface area contributed by atoms with Crippen molar-refractivity contribution in [3.63, 3.8) is 0 Å². The quantitative estimate of drug-likeness (QED) is 0.330. The fraction of sp³-hybridized carbons (Fsp3) is 0.364. The topological polar surface area (TPSA) is 58.5 Å². The molecule has 2 aromatic carbocycles. The van der Waals surface area contributed by atoms with Crippen molar-refractivity contribution in [2.75, 3.05) is 23.4 Å². The van der Waals surface area contributed by atoms with Crippen LogP contribution < -0.4 is 10.2 Å². The highest BCUT2D eigenvalue weighted by Gasteiger charge is 2.66. The molecule has 3 aromatic rings. The lowest BCUT2D eigenvalue weighted by atomic mass is 9.25. The van der Waals surface area contributed by atoms with Gasteiger partial charge in [-0.3, -0.25) is 0 Å². The zero-order valence-corrected chi connectivity index (χ0v) is 25.4. The normalized spacial score (nSPS) is 22.3. The third kappa shape index (κ3) is 4.37. The van der Waals surface area contributed by atoms with Crippen LogP contribution in [0.15, 0.2) is 42.7 Å². The molecule has 5 rings (SSSR count). The van der Waals surface area contributed by atoms with Gasteiger partial charge in [0, 0.05) is 22.9 Å². The number of hydrogen-bond donors (Lipinski definition) is 1. The van der Waals surface area contributed by atoms with E-state index < -0.39 is 11.6 Å². The number of aromatic nitrogens is 3. The Bertz CT molecular complexity index is 1420. The van der Waals surface area contributed by atoms with Gasteiger partial charge in [-0.15, -0.1) is 5.10 Å². The van der Waals surface area contributed by atoms with Gasteiger partial charge in [0.05, 0.1) is 18.9 Å². The molecule has 0 saturated carbocycles. The van der Waals surface area contributed by atoms with Crippen LogP contribution in [0.3, 0.4) is 0 Å². The van der Waals surface area contributed by atoms with E-state index in [1.807, 2.05) is 6.07 Å². The second-order valence-electron chi connectivity index (χ2n) is 13.7. The number of anilines is 3. The number of benzene rings is 2. The average molecular weight is 533 g/mol. The number of halogens is 2. The summed E-state index contributed by atoms with van der Waals surface area (Å²) in [5, 5.41) is 6.78. The molecule has 7 nitrogen and oxygen atoms in total. The van der Waals surface area contributed by atoms with Gasteiger partial charge in [-0.1, -0.05) is 0 Å². The van der Waals surface area contributed by atoms with Crippen molar-refractivity contribution in [1.82, 2.24) is 19.7 Å². The summed E-state index contributed by atoms with van der Waals surface area (Å²) in [6.45, 7) is 3.54. The van der Waals surface area contributed by atoms with Gasteiger partial charge in [0.15, 0.2) is 0 Å². The number of nitrogens with zero attached hydrogens (tertiary/aromatic N) is 5. The summed E-state index contributed by atoms with van der Waals surface area (Å²) >= 11 is 0. The van der Waals surface area contributed by atoms with Crippen LogP contribution in [0.4, 0.5) is 26.1 Å². The highest BCUT2D eigenvalue weighted by atomic mass is 19.1. The van der Waals surface area contributed by atoms with E-state index in [2.05, 4.69) is 115 Å². The third-order valence-corrected chi connectivity index (χ3v) is 9.78. The Morgan fingerprint density at radius 3 is 1.88 bits per heavy atom. The molecule has 2 aliphatic rings. The highest BCUT2D eigenvalue weighted by Crippen LogP contribution is 2.49. The van der Waals surface area contributed by atoms with Crippen LogP contribution in [-0.4, -0.2) is 130 Å². The second-order valence-corrected chi connectivity index (χ2v) is 13.7. The summed E-state index contributed by atoms with van der Waals surface area (Å²) in [5.41, 5.74) is 3.25. The number of nitrogens with one attached hydrogen (secondary N) is 1. The van der Waals surface area contributed by atoms with Crippen molar-refractivity contribution < 1.29 is 13.5 Å². The first-order valence-corrected chi connectivity index (χ1v) is 13.9. The van der Waals surface area contributed by atoms with Crippen molar-refractivity contribution in [2.24, 2.45) is 0 Å². The van der Waals surface area contributed by atoms with Gasteiger partial charge >= 0.3 is 0 Å². The van der Waals surface area contributed by atoms with Crippen LogP contribution in [0, 0.1) is 18.6 Å². The van der Waals surface area contributed by atoms with E-state index in [9.17, 15) is 8.78 Å².